The van der Waals surface area contributed by atoms with E-state index in [-0.39, 0.29) is 13.6 Å². The molecule has 0 aliphatic heterocycles. The summed E-state index contributed by atoms with van der Waals surface area (Å²) < 4.78 is 22.5. The maximum atomic E-state index is 5.77. The van der Waals surface area contributed by atoms with Crippen LogP contribution in [0.4, 0.5) is 0 Å². The number of hydrogen-bond donors (Lipinski definition) is 0. The van der Waals surface area contributed by atoms with Crippen LogP contribution in [0.2, 0.25) is 0 Å². The molecule has 0 saturated heterocycles. The number of fused-ring (bicyclic) bond motifs is 1. The van der Waals surface area contributed by atoms with Crippen LogP contribution >= 0.6 is 0 Å². The van der Waals surface area contributed by atoms with Gasteiger partial charge in [0.1, 0.15) is 11.5 Å². The Hall–Kier alpha value is -1.78. The highest BCUT2D eigenvalue weighted by Gasteiger charge is 2.08. The first-order valence-corrected chi connectivity index (χ1v) is 8.79. The molecule has 0 heterocycles. The monoisotopic (exact) mass is 332 g/mol. The van der Waals surface area contributed by atoms with Crippen LogP contribution in [0.1, 0.15) is 39.5 Å². The minimum Gasteiger partial charge on any atom is -0.467 e. The Morgan fingerprint density at radius 2 is 1.12 bits per heavy atom. The van der Waals surface area contributed by atoms with Crippen molar-refractivity contribution in [3.8, 4) is 11.5 Å². The minimum absolute atomic E-state index is 0.268. The van der Waals surface area contributed by atoms with Crippen molar-refractivity contribution in [2.75, 3.05) is 26.8 Å². The summed E-state index contributed by atoms with van der Waals surface area (Å²) in [5.74, 6) is 1.61. The quantitative estimate of drug-likeness (QED) is 0.398. The highest BCUT2D eigenvalue weighted by Crippen LogP contribution is 2.33. The van der Waals surface area contributed by atoms with Crippen molar-refractivity contribution in [2.45, 2.75) is 39.5 Å². The lowest BCUT2D eigenvalue weighted by Crippen LogP contribution is -2.06. The molecule has 2 aromatic rings. The molecule has 0 aliphatic carbocycles. The standard InChI is InChI=1S/C20H28O4/c1-3-5-13-21-15-23-19-11-12-20(24-16-22-14-6-4-2)18-10-8-7-9-17(18)19/h7-12H,3-6,13-16H2,1-2H3. The maximum Gasteiger partial charge on any atom is 0.189 e. The van der Waals surface area contributed by atoms with Crippen molar-refractivity contribution in [1.82, 2.24) is 0 Å². The molecule has 0 unspecified atom stereocenters. The topological polar surface area (TPSA) is 36.9 Å². The zero-order valence-corrected chi connectivity index (χ0v) is 14.8. The van der Waals surface area contributed by atoms with Crippen molar-refractivity contribution in [2.24, 2.45) is 0 Å². The number of benzene rings is 2. The third-order valence-electron chi connectivity index (χ3n) is 3.72. The predicted molar refractivity (Wildman–Crippen MR) is 96.7 cm³/mol. The van der Waals surface area contributed by atoms with Gasteiger partial charge in [-0.2, -0.15) is 0 Å². The van der Waals surface area contributed by atoms with E-state index in [0.717, 1.165) is 61.2 Å². The van der Waals surface area contributed by atoms with E-state index < -0.39 is 0 Å². The van der Waals surface area contributed by atoms with Crippen LogP contribution in [-0.2, 0) is 9.47 Å². The van der Waals surface area contributed by atoms with Crippen LogP contribution in [0.15, 0.2) is 36.4 Å². The van der Waals surface area contributed by atoms with Gasteiger partial charge in [-0.25, -0.2) is 0 Å². The first kappa shape index (κ1) is 18.6. The van der Waals surface area contributed by atoms with E-state index in [1.807, 2.05) is 36.4 Å². The van der Waals surface area contributed by atoms with Crippen LogP contribution in [0.5, 0.6) is 11.5 Å². The van der Waals surface area contributed by atoms with Gasteiger partial charge in [0.2, 0.25) is 0 Å². The third kappa shape index (κ3) is 5.69. The highest BCUT2D eigenvalue weighted by atomic mass is 16.7. The van der Waals surface area contributed by atoms with Crippen LogP contribution in [0.3, 0.4) is 0 Å². The smallest absolute Gasteiger partial charge is 0.189 e. The van der Waals surface area contributed by atoms with Gasteiger partial charge < -0.3 is 18.9 Å². The van der Waals surface area contributed by atoms with Crippen molar-refractivity contribution in [3.63, 3.8) is 0 Å². The zero-order chi connectivity index (χ0) is 17.0. The lowest BCUT2D eigenvalue weighted by molar-refractivity contribution is 0.0131. The Kier molecular flexibility index (Phi) is 8.42. The molecule has 0 fully saturated rings. The fraction of sp³-hybridized carbons (Fsp3) is 0.500. The average Bonchev–Trinajstić information content (AvgIpc) is 2.62. The lowest BCUT2D eigenvalue weighted by Gasteiger charge is -2.13. The van der Waals surface area contributed by atoms with Crippen LogP contribution in [0.25, 0.3) is 10.8 Å². The normalized spacial score (nSPS) is 10.9. The van der Waals surface area contributed by atoms with Gasteiger partial charge in [-0.15, -0.1) is 0 Å². The second-order valence-corrected chi connectivity index (χ2v) is 5.66. The van der Waals surface area contributed by atoms with Gasteiger partial charge >= 0.3 is 0 Å². The Bertz CT molecular complexity index is 545. The van der Waals surface area contributed by atoms with E-state index in [4.69, 9.17) is 18.9 Å². The van der Waals surface area contributed by atoms with Gasteiger partial charge in [-0.1, -0.05) is 51.0 Å². The van der Waals surface area contributed by atoms with Gasteiger partial charge in [0.25, 0.3) is 0 Å². The van der Waals surface area contributed by atoms with Gasteiger partial charge in [-0.3, -0.25) is 0 Å². The van der Waals surface area contributed by atoms with E-state index in [0.29, 0.717) is 0 Å². The second-order valence-electron chi connectivity index (χ2n) is 5.66. The van der Waals surface area contributed by atoms with Gasteiger partial charge in [-0.05, 0) is 25.0 Å². The molecule has 4 heteroatoms. The van der Waals surface area contributed by atoms with Crippen molar-refractivity contribution >= 4 is 10.8 Å². The van der Waals surface area contributed by atoms with Crippen LogP contribution in [-0.4, -0.2) is 26.8 Å². The van der Waals surface area contributed by atoms with Crippen molar-refractivity contribution in [1.29, 1.82) is 0 Å². The molecular weight excluding hydrogens is 304 g/mol. The Balaban J connectivity index is 1.97. The molecule has 0 radical (unpaired) electrons. The summed E-state index contributed by atoms with van der Waals surface area (Å²) in [6.45, 7) is 6.27. The van der Waals surface area contributed by atoms with Gasteiger partial charge in [0.05, 0.1) is 13.2 Å². The van der Waals surface area contributed by atoms with E-state index in [1.54, 1.807) is 0 Å². The summed E-state index contributed by atoms with van der Waals surface area (Å²) in [6, 6.07) is 11.9. The summed E-state index contributed by atoms with van der Waals surface area (Å²) >= 11 is 0. The molecule has 0 saturated carbocycles. The highest BCUT2D eigenvalue weighted by molar-refractivity contribution is 5.93. The predicted octanol–water partition coefficient (Wildman–Crippen LogP) is 5.15. The molecule has 132 valence electrons. The second kappa shape index (κ2) is 10.9. The van der Waals surface area contributed by atoms with Crippen LogP contribution < -0.4 is 9.47 Å². The van der Waals surface area contributed by atoms with Gasteiger partial charge in [0.15, 0.2) is 13.6 Å². The van der Waals surface area contributed by atoms with E-state index in [1.165, 1.54) is 0 Å². The van der Waals surface area contributed by atoms with Crippen molar-refractivity contribution < 1.29 is 18.9 Å². The molecule has 2 aromatic carbocycles. The van der Waals surface area contributed by atoms with Gasteiger partial charge in [0, 0.05) is 10.8 Å². The number of unbranched alkanes of at least 4 members (excludes halogenated alkanes) is 2. The maximum absolute atomic E-state index is 5.77. The zero-order valence-electron chi connectivity index (χ0n) is 14.8. The lowest BCUT2D eigenvalue weighted by atomic mass is 10.1. The molecule has 0 aromatic heterocycles. The molecule has 4 nitrogen and oxygen atoms in total. The first-order chi connectivity index (χ1) is 11.9. The average molecular weight is 332 g/mol. The number of rotatable bonds is 12. The van der Waals surface area contributed by atoms with E-state index >= 15 is 0 Å². The number of ether oxygens (including phenoxy) is 4. The first-order valence-electron chi connectivity index (χ1n) is 8.79. The fourth-order valence-corrected chi connectivity index (χ4v) is 2.32. The Morgan fingerprint density at radius 1 is 0.667 bits per heavy atom. The molecule has 0 N–H and O–H groups in total. The summed E-state index contributed by atoms with van der Waals surface area (Å²) in [7, 11) is 0. The molecule has 24 heavy (non-hydrogen) atoms. The molecule has 0 amide bonds. The fourth-order valence-electron chi connectivity index (χ4n) is 2.32. The SMILES string of the molecule is CCCCOCOc1ccc(OCOCCCC)c2ccccc12. The third-order valence-corrected chi connectivity index (χ3v) is 3.72. The number of hydrogen-bond acceptors (Lipinski definition) is 4. The molecule has 2 rings (SSSR count). The molecule has 0 spiro atoms. The van der Waals surface area contributed by atoms with E-state index in [2.05, 4.69) is 13.8 Å². The molecular formula is C20H28O4. The Morgan fingerprint density at radius 3 is 1.54 bits per heavy atom. The summed E-state index contributed by atoms with van der Waals surface area (Å²) in [6.07, 6.45) is 4.34. The van der Waals surface area contributed by atoms with Crippen molar-refractivity contribution in [3.05, 3.63) is 36.4 Å². The summed E-state index contributed by atoms with van der Waals surface area (Å²) in [5.41, 5.74) is 0. The summed E-state index contributed by atoms with van der Waals surface area (Å²) in [4.78, 5) is 0. The molecule has 0 aliphatic rings. The summed E-state index contributed by atoms with van der Waals surface area (Å²) in [5, 5.41) is 2.03. The minimum atomic E-state index is 0.268. The molecule has 0 bridgehead atoms. The molecule has 0 atom stereocenters. The largest absolute Gasteiger partial charge is 0.467 e. The van der Waals surface area contributed by atoms with Crippen LogP contribution in [0, 0.1) is 0 Å². The Labute approximate surface area is 144 Å². The van der Waals surface area contributed by atoms with E-state index in [9.17, 15) is 0 Å².